The van der Waals surface area contributed by atoms with E-state index in [4.69, 9.17) is 4.74 Å². The van der Waals surface area contributed by atoms with Crippen molar-refractivity contribution in [3.63, 3.8) is 0 Å². The number of ether oxygens (including phenoxy) is 1. The van der Waals surface area contributed by atoms with Crippen LogP contribution >= 0.6 is 0 Å². The van der Waals surface area contributed by atoms with Crippen molar-refractivity contribution in [2.75, 3.05) is 6.61 Å². The van der Waals surface area contributed by atoms with Gasteiger partial charge in [-0.05, 0) is 39.0 Å². The van der Waals surface area contributed by atoms with Crippen molar-refractivity contribution in [3.05, 3.63) is 0 Å². The van der Waals surface area contributed by atoms with Crippen LogP contribution in [-0.2, 0) is 4.74 Å². The summed E-state index contributed by atoms with van der Waals surface area (Å²) < 4.78 is 5.27. The van der Waals surface area contributed by atoms with Crippen LogP contribution in [0.1, 0.15) is 67.2 Å². The number of hydrogen-bond donors (Lipinski definition) is 0. The molecule has 0 saturated carbocycles. The molecule has 0 radical (unpaired) electrons. The Balaban J connectivity index is 0.000000873. The standard InChI is InChI=1S/C12H23NO2.C3H8/c1-9(2)8-15-12(14)13-10(3)6-5-7-11(13)4;1-3-2/h9-11H,5-8H2,1-4H3;3H2,1-2H3/t10-,11+;. The Bertz CT molecular complexity index is 219. The Kier molecular flexibility index (Phi) is 8.86. The lowest BCUT2D eigenvalue weighted by atomic mass is 9.98. The zero-order valence-corrected chi connectivity index (χ0v) is 13.0. The van der Waals surface area contributed by atoms with Gasteiger partial charge in [0.1, 0.15) is 0 Å². The van der Waals surface area contributed by atoms with E-state index >= 15 is 0 Å². The lowest BCUT2D eigenvalue weighted by Gasteiger charge is -2.38. The maximum atomic E-state index is 11.8. The van der Waals surface area contributed by atoms with Gasteiger partial charge < -0.3 is 9.64 Å². The first-order chi connectivity index (χ1) is 8.43. The Morgan fingerprint density at radius 1 is 1.22 bits per heavy atom. The van der Waals surface area contributed by atoms with Gasteiger partial charge in [-0.1, -0.05) is 34.1 Å². The Morgan fingerprint density at radius 3 is 2.06 bits per heavy atom. The van der Waals surface area contributed by atoms with Crippen molar-refractivity contribution in [3.8, 4) is 0 Å². The fraction of sp³-hybridized carbons (Fsp3) is 0.933. The number of amides is 1. The van der Waals surface area contributed by atoms with Crippen molar-refractivity contribution < 1.29 is 9.53 Å². The minimum Gasteiger partial charge on any atom is -0.449 e. The van der Waals surface area contributed by atoms with Crippen LogP contribution in [0.3, 0.4) is 0 Å². The van der Waals surface area contributed by atoms with Crippen LogP contribution in [0.15, 0.2) is 0 Å². The van der Waals surface area contributed by atoms with Crippen LogP contribution in [0.2, 0.25) is 0 Å². The smallest absolute Gasteiger partial charge is 0.410 e. The van der Waals surface area contributed by atoms with E-state index in [9.17, 15) is 4.79 Å². The Morgan fingerprint density at radius 2 is 1.67 bits per heavy atom. The largest absolute Gasteiger partial charge is 0.449 e. The van der Waals surface area contributed by atoms with E-state index < -0.39 is 0 Å². The van der Waals surface area contributed by atoms with Crippen LogP contribution in [0.4, 0.5) is 4.79 Å². The summed E-state index contributed by atoms with van der Waals surface area (Å²) >= 11 is 0. The van der Waals surface area contributed by atoms with Gasteiger partial charge in [-0.15, -0.1) is 0 Å². The van der Waals surface area contributed by atoms with Crippen molar-refractivity contribution >= 4 is 6.09 Å². The zero-order chi connectivity index (χ0) is 14.1. The van der Waals surface area contributed by atoms with Crippen molar-refractivity contribution in [1.82, 2.24) is 4.90 Å². The third-order valence-corrected chi connectivity index (χ3v) is 2.94. The van der Waals surface area contributed by atoms with E-state index in [0.29, 0.717) is 24.6 Å². The highest BCUT2D eigenvalue weighted by atomic mass is 16.6. The minimum absolute atomic E-state index is 0.136. The maximum absolute atomic E-state index is 11.8. The average molecular weight is 257 g/mol. The first-order valence-corrected chi connectivity index (χ1v) is 7.39. The van der Waals surface area contributed by atoms with Gasteiger partial charge in [-0.3, -0.25) is 0 Å². The van der Waals surface area contributed by atoms with Crippen molar-refractivity contribution in [1.29, 1.82) is 0 Å². The summed E-state index contributed by atoms with van der Waals surface area (Å²) in [5, 5.41) is 0. The molecule has 1 aliphatic heterocycles. The number of piperidine rings is 1. The molecule has 108 valence electrons. The third kappa shape index (κ3) is 6.27. The van der Waals surface area contributed by atoms with Gasteiger partial charge in [0.05, 0.1) is 6.61 Å². The second-order valence-corrected chi connectivity index (χ2v) is 5.71. The first kappa shape index (κ1) is 17.3. The molecule has 3 nitrogen and oxygen atoms in total. The van der Waals surface area contributed by atoms with Crippen LogP contribution < -0.4 is 0 Å². The van der Waals surface area contributed by atoms with Crippen molar-refractivity contribution in [2.45, 2.75) is 79.3 Å². The van der Waals surface area contributed by atoms with Gasteiger partial charge in [0.2, 0.25) is 0 Å². The highest BCUT2D eigenvalue weighted by molar-refractivity contribution is 5.68. The number of carbonyl (C=O) groups excluding carboxylic acids is 1. The monoisotopic (exact) mass is 257 g/mol. The minimum atomic E-state index is -0.136. The Hall–Kier alpha value is -0.730. The number of carbonyl (C=O) groups is 1. The lowest BCUT2D eigenvalue weighted by Crippen LogP contribution is -2.47. The summed E-state index contributed by atoms with van der Waals surface area (Å²) in [6, 6.07) is 0.654. The van der Waals surface area contributed by atoms with Gasteiger partial charge in [0.15, 0.2) is 0 Å². The van der Waals surface area contributed by atoms with E-state index in [1.165, 1.54) is 12.8 Å². The summed E-state index contributed by atoms with van der Waals surface area (Å²) in [6.45, 7) is 13.1. The molecule has 1 saturated heterocycles. The average Bonchev–Trinajstić information content (AvgIpc) is 2.27. The predicted octanol–water partition coefficient (Wildman–Crippen LogP) is 4.46. The molecule has 0 aliphatic carbocycles. The number of rotatable bonds is 2. The lowest BCUT2D eigenvalue weighted by molar-refractivity contribution is 0.0490. The quantitative estimate of drug-likeness (QED) is 0.731. The number of nitrogens with zero attached hydrogens (tertiary/aromatic N) is 1. The van der Waals surface area contributed by atoms with E-state index in [2.05, 4.69) is 41.5 Å². The molecular formula is C15H31NO2. The van der Waals surface area contributed by atoms with Crippen LogP contribution in [0, 0.1) is 5.92 Å². The van der Waals surface area contributed by atoms with Crippen LogP contribution in [0.25, 0.3) is 0 Å². The molecule has 0 unspecified atom stereocenters. The first-order valence-electron chi connectivity index (χ1n) is 7.39. The molecule has 0 spiro atoms. The fourth-order valence-corrected chi connectivity index (χ4v) is 2.09. The van der Waals surface area contributed by atoms with Gasteiger partial charge in [-0.25, -0.2) is 4.79 Å². The predicted molar refractivity (Wildman–Crippen MR) is 76.8 cm³/mol. The van der Waals surface area contributed by atoms with Crippen molar-refractivity contribution in [2.24, 2.45) is 5.92 Å². The van der Waals surface area contributed by atoms with Crippen LogP contribution in [-0.4, -0.2) is 29.7 Å². The number of hydrogen-bond acceptors (Lipinski definition) is 2. The summed E-state index contributed by atoms with van der Waals surface area (Å²) in [5.74, 6) is 0.407. The highest BCUT2D eigenvalue weighted by Crippen LogP contribution is 2.23. The Labute approximate surface area is 113 Å². The molecule has 0 aromatic heterocycles. The second-order valence-electron chi connectivity index (χ2n) is 5.71. The summed E-state index contributed by atoms with van der Waals surface area (Å²) in [6.07, 6.45) is 4.53. The van der Waals surface area contributed by atoms with Gasteiger partial charge in [0, 0.05) is 12.1 Å². The molecule has 18 heavy (non-hydrogen) atoms. The molecule has 1 aliphatic rings. The molecule has 0 N–H and O–H groups in total. The van der Waals surface area contributed by atoms with Gasteiger partial charge in [-0.2, -0.15) is 0 Å². The molecule has 1 fully saturated rings. The van der Waals surface area contributed by atoms with E-state index in [0.717, 1.165) is 12.8 Å². The molecule has 1 rings (SSSR count). The highest BCUT2D eigenvalue weighted by Gasteiger charge is 2.29. The molecule has 1 amide bonds. The molecule has 0 aromatic carbocycles. The van der Waals surface area contributed by atoms with Crippen LogP contribution in [0.5, 0.6) is 0 Å². The van der Waals surface area contributed by atoms with E-state index in [-0.39, 0.29) is 6.09 Å². The topological polar surface area (TPSA) is 29.5 Å². The number of likely N-dealkylation sites (tertiary alicyclic amines) is 1. The van der Waals surface area contributed by atoms with Gasteiger partial charge in [0.25, 0.3) is 0 Å². The molecular weight excluding hydrogens is 226 g/mol. The normalized spacial score (nSPS) is 23.4. The summed E-state index contributed by atoms with van der Waals surface area (Å²) in [4.78, 5) is 13.7. The third-order valence-electron chi connectivity index (χ3n) is 2.94. The van der Waals surface area contributed by atoms with E-state index in [1.54, 1.807) is 0 Å². The zero-order valence-electron chi connectivity index (χ0n) is 13.0. The second kappa shape index (κ2) is 9.23. The van der Waals surface area contributed by atoms with Gasteiger partial charge >= 0.3 is 6.09 Å². The van der Waals surface area contributed by atoms with E-state index in [1.807, 2.05) is 4.90 Å². The molecule has 1 heterocycles. The molecule has 0 aromatic rings. The summed E-state index contributed by atoms with van der Waals surface area (Å²) in [5.41, 5.74) is 0. The molecule has 0 bridgehead atoms. The molecule has 2 atom stereocenters. The fourth-order valence-electron chi connectivity index (χ4n) is 2.09. The molecule has 3 heteroatoms. The SMILES string of the molecule is CC(C)COC(=O)N1[C@H](C)CCC[C@@H]1C.CCC. The summed E-state index contributed by atoms with van der Waals surface area (Å²) in [7, 11) is 0. The maximum Gasteiger partial charge on any atom is 0.410 e.